The van der Waals surface area contributed by atoms with Crippen molar-refractivity contribution in [3.05, 3.63) is 29.3 Å². The number of carboxylic acid groups (broad SMARTS) is 1. The van der Waals surface area contributed by atoms with Gasteiger partial charge in [-0.1, -0.05) is 12.1 Å². The molecule has 4 heteroatoms. The van der Waals surface area contributed by atoms with Gasteiger partial charge in [-0.05, 0) is 6.07 Å². The van der Waals surface area contributed by atoms with Crippen molar-refractivity contribution in [1.29, 1.82) is 0 Å². The second-order valence-corrected chi connectivity index (χ2v) is 3.09. The van der Waals surface area contributed by atoms with Crippen LogP contribution in [0.4, 0.5) is 0 Å². The normalized spacial score (nSPS) is 16.3. The van der Waals surface area contributed by atoms with Gasteiger partial charge in [0.2, 0.25) is 6.79 Å². The zero-order valence-electron chi connectivity index (χ0n) is 7.11. The van der Waals surface area contributed by atoms with Gasteiger partial charge >= 0.3 is 5.97 Å². The molecule has 1 N–H and O–H groups in total. The zero-order chi connectivity index (χ0) is 9.71. The lowest BCUT2D eigenvalue weighted by atomic mass is 9.85. The van der Waals surface area contributed by atoms with Gasteiger partial charge in [0.15, 0.2) is 5.76 Å². The molecule has 0 radical (unpaired) electrons. The van der Waals surface area contributed by atoms with Crippen LogP contribution in [-0.2, 0) is 9.53 Å². The molecule has 1 aliphatic carbocycles. The minimum Gasteiger partial charge on any atom is -0.478 e. The summed E-state index contributed by atoms with van der Waals surface area (Å²) < 4.78 is 10.3. The fourth-order valence-electron chi connectivity index (χ4n) is 1.79. The molecule has 2 aliphatic rings. The highest BCUT2D eigenvalue weighted by atomic mass is 16.7. The van der Waals surface area contributed by atoms with E-state index in [2.05, 4.69) is 0 Å². The number of hydrogen-bond acceptors (Lipinski definition) is 3. The van der Waals surface area contributed by atoms with Crippen molar-refractivity contribution in [2.75, 3.05) is 6.79 Å². The van der Waals surface area contributed by atoms with Crippen LogP contribution in [0.15, 0.2) is 18.2 Å². The SMILES string of the molecule is O=C(O)C1=C2OCOc3cccc1c32. The van der Waals surface area contributed by atoms with Gasteiger partial charge in [-0.15, -0.1) is 0 Å². The summed E-state index contributed by atoms with van der Waals surface area (Å²) >= 11 is 0. The fourth-order valence-corrected chi connectivity index (χ4v) is 1.79. The van der Waals surface area contributed by atoms with Crippen molar-refractivity contribution in [1.82, 2.24) is 0 Å². The van der Waals surface area contributed by atoms with Crippen molar-refractivity contribution < 1.29 is 19.4 Å². The third-order valence-corrected chi connectivity index (χ3v) is 2.38. The summed E-state index contributed by atoms with van der Waals surface area (Å²) in [4.78, 5) is 10.9. The van der Waals surface area contributed by atoms with Gasteiger partial charge in [0.25, 0.3) is 0 Å². The smallest absolute Gasteiger partial charge is 0.340 e. The molecule has 0 amide bonds. The Morgan fingerprint density at radius 2 is 2.21 bits per heavy atom. The van der Waals surface area contributed by atoms with Crippen LogP contribution < -0.4 is 4.74 Å². The molecule has 1 aromatic carbocycles. The maximum absolute atomic E-state index is 10.9. The molecule has 0 aromatic heterocycles. The second kappa shape index (κ2) is 2.29. The number of carbonyl (C=O) groups is 1. The molecule has 1 aromatic rings. The molecule has 4 nitrogen and oxygen atoms in total. The number of benzene rings is 1. The number of carboxylic acids is 1. The number of rotatable bonds is 1. The Labute approximate surface area is 79.4 Å². The molecule has 0 bridgehead atoms. The molecule has 0 unspecified atom stereocenters. The zero-order valence-corrected chi connectivity index (χ0v) is 7.11. The highest BCUT2D eigenvalue weighted by Gasteiger charge is 2.37. The number of aliphatic carboxylic acids is 1. The van der Waals surface area contributed by atoms with Crippen LogP contribution in [0.2, 0.25) is 0 Å². The van der Waals surface area contributed by atoms with Crippen LogP contribution in [-0.4, -0.2) is 17.9 Å². The first-order valence-corrected chi connectivity index (χ1v) is 4.16. The second-order valence-electron chi connectivity index (χ2n) is 3.09. The van der Waals surface area contributed by atoms with Gasteiger partial charge in [-0.25, -0.2) is 4.79 Å². The van der Waals surface area contributed by atoms with E-state index in [9.17, 15) is 4.79 Å². The van der Waals surface area contributed by atoms with Gasteiger partial charge < -0.3 is 14.6 Å². The molecule has 0 spiro atoms. The minimum atomic E-state index is -0.952. The summed E-state index contributed by atoms with van der Waals surface area (Å²) in [5.74, 6) is 0.203. The predicted molar refractivity (Wildman–Crippen MR) is 47.5 cm³/mol. The molecule has 14 heavy (non-hydrogen) atoms. The Kier molecular flexibility index (Phi) is 1.21. The lowest BCUT2D eigenvalue weighted by molar-refractivity contribution is -0.130. The monoisotopic (exact) mass is 190 g/mol. The van der Waals surface area contributed by atoms with Crippen LogP contribution in [0.1, 0.15) is 11.1 Å². The highest BCUT2D eigenvalue weighted by Crippen LogP contribution is 2.48. The first-order chi connectivity index (χ1) is 6.79. The Balaban J connectivity index is 2.25. The molecule has 0 atom stereocenters. The Morgan fingerprint density at radius 3 is 3.00 bits per heavy atom. The largest absolute Gasteiger partial charge is 0.478 e. The van der Waals surface area contributed by atoms with Crippen molar-refractivity contribution in [2.45, 2.75) is 0 Å². The molecule has 3 rings (SSSR count). The van der Waals surface area contributed by atoms with Crippen molar-refractivity contribution in [2.24, 2.45) is 0 Å². The number of hydrogen-bond donors (Lipinski definition) is 1. The van der Waals surface area contributed by atoms with E-state index in [1.54, 1.807) is 18.2 Å². The first kappa shape index (κ1) is 7.44. The topological polar surface area (TPSA) is 55.8 Å². The van der Waals surface area contributed by atoms with Gasteiger partial charge in [-0.2, -0.15) is 0 Å². The summed E-state index contributed by atoms with van der Waals surface area (Å²) in [7, 11) is 0. The molecule has 70 valence electrons. The van der Waals surface area contributed by atoms with Crippen LogP contribution in [0, 0.1) is 0 Å². The van der Waals surface area contributed by atoms with Crippen LogP contribution >= 0.6 is 0 Å². The van der Waals surface area contributed by atoms with Crippen molar-refractivity contribution >= 4 is 17.3 Å². The average molecular weight is 190 g/mol. The minimum absolute atomic E-state index is 0.0859. The van der Waals surface area contributed by atoms with E-state index < -0.39 is 5.97 Å². The summed E-state index contributed by atoms with van der Waals surface area (Å²) in [5, 5.41) is 8.92. The molecule has 0 saturated carbocycles. The maximum atomic E-state index is 10.9. The number of ether oxygens (including phenoxy) is 2. The van der Waals surface area contributed by atoms with Gasteiger partial charge in [0.1, 0.15) is 11.3 Å². The lowest BCUT2D eigenvalue weighted by Gasteiger charge is -2.30. The van der Waals surface area contributed by atoms with Crippen LogP contribution in [0.3, 0.4) is 0 Å². The standard InChI is InChI=1S/C10H6O4/c11-10(12)8-5-2-1-3-6-7(5)9(8)14-4-13-6/h1-3H,4H2,(H,11,12). The summed E-state index contributed by atoms with van der Waals surface area (Å²) in [6, 6.07) is 5.34. The van der Waals surface area contributed by atoms with Gasteiger partial charge in [0, 0.05) is 5.56 Å². The Morgan fingerprint density at radius 1 is 1.36 bits per heavy atom. The van der Waals surface area contributed by atoms with E-state index in [0.29, 0.717) is 17.1 Å². The average Bonchev–Trinajstić information content (AvgIpc) is 2.15. The van der Waals surface area contributed by atoms with Crippen molar-refractivity contribution in [3.8, 4) is 5.75 Å². The molecule has 1 heterocycles. The summed E-state index contributed by atoms with van der Waals surface area (Å²) in [5.41, 5.74) is 1.74. The van der Waals surface area contributed by atoms with E-state index in [0.717, 1.165) is 5.56 Å². The molecule has 0 saturated heterocycles. The Bertz CT molecular complexity index is 473. The van der Waals surface area contributed by atoms with Crippen LogP contribution in [0.25, 0.3) is 11.3 Å². The summed E-state index contributed by atoms with van der Waals surface area (Å²) in [6.07, 6.45) is 0. The van der Waals surface area contributed by atoms with Crippen molar-refractivity contribution in [3.63, 3.8) is 0 Å². The molecular formula is C10H6O4. The molecular weight excluding hydrogens is 184 g/mol. The van der Waals surface area contributed by atoms with E-state index in [4.69, 9.17) is 14.6 Å². The van der Waals surface area contributed by atoms with Gasteiger partial charge in [0.05, 0.1) is 5.56 Å². The predicted octanol–water partition coefficient (Wildman–Crippen LogP) is 1.32. The maximum Gasteiger partial charge on any atom is 0.340 e. The lowest BCUT2D eigenvalue weighted by Crippen LogP contribution is -2.22. The molecule has 0 fully saturated rings. The van der Waals surface area contributed by atoms with E-state index >= 15 is 0 Å². The molecule has 1 aliphatic heterocycles. The fraction of sp³-hybridized carbons (Fsp3) is 0.100. The van der Waals surface area contributed by atoms with E-state index in [1.807, 2.05) is 0 Å². The van der Waals surface area contributed by atoms with Crippen LogP contribution in [0.5, 0.6) is 5.75 Å². The van der Waals surface area contributed by atoms with Gasteiger partial charge in [-0.3, -0.25) is 0 Å². The Hall–Kier alpha value is -1.97. The third-order valence-electron chi connectivity index (χ3n) is 2.38. The van der Waals surface area contributed by atoms with E-state index in [1.165, 1.54) is 0 Å². The third kappa shape index (κ3) is 0.706. The first-order valence-electron chi connectivity index (χ1n) is 4.16. The summed E-state index contributed by atoms with van der Waals surface area (Å²) in [6.45, 7) is 0.0859. The van der Waals surface area contributed by atoms with E-state index in [-0.39, 0.29) is 12.4 Å². The quantitative estimate of drug-likeness (QED) is 0.725. The highest BCUT2D eigenvalue weighted by molar-refractivity contribution is 6.29.